The number of urea groups is 1. The summed E-state index contributed by atoms with van der Waals surface area (Å²) in [5.41, 5.74) is 1.71. The van der Waals surface area contributed by atoms with E-state index in [1.165, 1.54) is 12.0 Å². The molecular formula is C29H31N3O6. The Balaban J connectivity index is 1.56. The highest BCUT2D eigenvalue weighted by Crippen LogP contribution is 2.31. The zero-order valence-corrected chi connectivity index (χ0v) is 21.7. The fourth-order valence-corrected chi connectivity index (χ4v) is 4.21. The normalized spacial score (nSPS) is 15.0. The van der Waals surface area contributed by atoms with Gasteiger partial charge >= 0.3 is 6.03 Å². The number of methoxy groups -OCH3 is 2. The van der Waals surface area contributed by atoms with Gasteiger partial charge < -0.3 is 24.4 Å². The van der Waals surface area contributed by atoms with Crippen molar-refractivity contribution in [3.63, 3.8) is 0 Å². The van der Waals surface area contributed by atoms with Gasteiger partial charge in [0.15, 0.2) is 0 Å². The Morgan fingerprint density at radius 2 is 1.58 bits per heavy atom. The Hall–Kier alpha value is -4.53. The summed E-state index contributed by atoms with van der Waals surface area (Å²) >= 11 is 0. The van der Waals surface area contributed by atoms with Crippen LogP contribution in [0.15, 0.2) is 72.8 Å². The molecule has 1 saturated heterocycles. The molecule has 38 heavy (non-hydrogen) atoms. The number of ether oxygens (including phenoxy) is 3. The van der Waals surface area contributed by atoms with Crippen LogP contribution in [0.1, 0.15) is 25.3 Å². The number of carbonyl (C=O) groups excluding carboxylic acids is 3. The van der Waals surface area contributed by atoms with Gasteiger partial charge in [0.1, 0.15) is 23.3 Å². The summed E-state index contributed by atoms with van der Waals surface area (Å²) in [4.78, 5) is 42.7. The summed E-state index contributed by atoms with van der Waals surface area (Å²) in [6.45, 7) is 2.76. The number of hydrogen-bond acceptors (Lipinski definition) is 6. The van der Waals surface area contributed by atoms with E-state index in [2.05, 4.69) is 5.32 Å². The number of rotatable bonds is 11. The lowest BCUT2D eigenvalue weighted by atomic mass is 10.1. The van der Waals surface area contributed by atoms with Gasteiger partial charge in [0, 0.05) is 18.3 Å². The van der Waals surface area contributed by atoms with Crippen LogP contribution in [0.5, 0.6) is 17.2 Å². The molecule has 1 aliphatic rings. The van der Waals surface area contributed by atoms with Gasteiger partial charge in [-0.2, -0.15) is 0 Å². The highest BCUT2D eigenvalue weighted by molar-refractivity contribution is 6.22. The minimum Gasteiger partial charge on any atom is -0.497 e. The lowest BCUT2D eigenvalue weighted by Gasteiger charge is -2.22. The first kappa shape index (κ1) is 26.5. The van der Waals surface area contributed by atoms with Crippen molar-refractivity contribution in [3.05, 3.63) is 78.4 Å². The van der Waals surface area contributed by atoms with Gasteiger partial charge in [0.05, 0.1) is 32.9 Å². The van der Waals surface area contributed by atoms with Crippen LogP contribution in [0.25, 0.3) is 0 Å². The van der Waals surface area contributed by atoms with Gasteiger partial charge in [-0.25, -0.2) is 9.69 Å². The van der Waals surface area contributed by atoms with E-state index in [4.69, 9.17) is 14.2 Å². The molecule has 0 radical (unpaired) electrons. The summed E-state index contributed by atoms with van der Waals surface area (Å²) < 4.78 is 16.2. The molecule has 3 aromatic carbocycles. The lowest BCUT2D eigenvalue weighted by molar-refractivity contribution is -0.124. The largest absolute Gasteiger partial charge is 0.497 e. The Kier molecular flexibility index (Phi) is 8.47. The van der Waals surface area contributed by atoms with Crippen LogP contribution in [-0.2, 0) is 16.1 Å². The number of hydrogen-bond donors (Lipinski definition) is 1. The summed E-state index contributed by atoms with van der Waals surface area (Å²) in [6, 6.07) is 19.5. The number of nitrogens with zero attached hydrogens (tertiary/aromatic N) is 2. The van der Waals surface area contributed by atoms with Gasteiger partial charge in [0.2, 0.25) is 5.91 Å². The maximum Gasteiger partial charge on any atom is 0.332 e. The smallest absolute Gasteiger partial charge is 0.332 e. The monoisotopic (exact) mass is 517 g/mol. The fourth-order valence-electron chi connectivity index (χ4n) is 4.21. The van der Waals surface area contributed by atoms with Crippen LogP contribution in [0.4, 0.5) is 16.2 Å². The van der Waals surface area contributed by atoms with Crippen LogP contribution in [0.2, 0.25) is 0 Å². The van der Waals surface area contributed by atoms with Gasteiger partial charge in [-0.1, -0.05) is 25.1 Å². The molecule has 1 fully saturated rings. The van der Waals surface area contributed by atoms with Crippen LogP contribution in [0, 0.1) is 0 Å². The summed E-state index contributed by atoms with van der Waals surface area (Å²) in [7, 11) is 3.07. The molecule has 0 unspecified atom stereocenters. The molecule has 0 spiro atoms. The Bertz CT molecular complexity index is 1290. The van der Waals surface area contributed by atoms with E-state index in [0.29, 0.717) is 35.2 Å². The van der Waals surface area contributed by atoms with Crippen molar-refractivity contribution in [2.45, 2.75) is 32.4 Å². The first-order chi connectivity index (χ1) is 18.4. The van der Waals surface area contributed by atoms with Crippen LogP contribution in [-0.4, -0.2) is 49.6 Å². The molecule has 0 aromatic heterocycles. The molecular weight excluding hydrogens is 486 g/mol. The summed E-state index contributed by atoms with van der Waals surface area (Å²) in [5, 5.41) is 2.82. The van der Waals surface area contributed by atoms with Crippen molar-refractivity contribution in [1.82, 2.24) is 4.90 Å². The number of imide groups is 1. The third-order valence-electron chi connectivity index (χ3n) is 6.11. The topological polar surface area (TPSA) is 97.4 Å². The third-order valence-corrected chi connectivity index (χ3v) is 6.11. The van der Waals surface area contributed by atoms with Crippen molar-refractivity contribution < 1.29 is 28.6 Å². The number of nitrogens with one attached hydrogen (secondary N) is 1. The molecule has 4 amide bonds. The molecule has 9 nitrogen and oxygen atoms in total. The van der Waals surface area contributed by atoms with Gasteiger partial charge in [-0.15, -0.1) is 0 Å². The van der Waals surface area contributed by atoms with E-state index < -0.39 is 18.0 Å². The minimum absolute atomic E-state index is 0.129. The molecule has 9 heteroatoms. The van der Waals surface area contributed by atoms with Gasteiger partial charge in [0.25, 0.3) is 5.91 Å². The van der Waals surface area contributed by atoms with Crippen molar-refractivity contribution in [2.75, 3.05) is 31.0 Å². The second-order valence-corrected chi connectivity index (χ2v) is 8.78. The number of benzene rings is 3. The van der Waals surface area contributed by atoms with Gasteiger partial charge in [-0.3, -0.25) is 9.59 Å². The molecule has 1 N–H and O–H groups in total. The molecule has 4 rings (SSSR count). The lowest BCUT2D eigenvalue weighted by Crippen LogP contribution is -2.37. The summed E-state index contributed by atoms with van der Waals surface area (Å²) in [6.07, 6.45) is 0.689. The Morgan fingerprint density at radius 1 is 0.895 bits per heavy atom. The molecule has 1 aliphatic heterocycles. The average molecular weight is 518 g/mol. The van der Waals surface area contributed by atoms with E-state index in [1.807, 2.05) is 19.1 Å². The van der Waals surface area contributed by atoms with Crippen molar-refractivity contribution in [3.8, 4) is 17.2 Å². The van der Waals surface area contributed by atoms with Crippen LogP contribution < -0.4 is 24.4 Å². The first-order valence-electron chi connectivity index (χ1n) is 12.4. The van der Waals surface area contributed by atoms with E-state index in [-0.39, 0.29) is 18.9 Å². The molecule has 0 bridgehead atoms. The van der Waals surface area contributed by atoms with Crippen molar-refractivity contribution >= 4 is 29.2 Å². The van der Waals surface area contributed by atoms with Crippen molar-refractivity contribution in [1.29, 1.82) is 0 Å². The molecule has 0 saturated carbocycles. The Labute approximate surface area is 221 Å². The number of anilines is 2. The maximum atomic E-state index is 13.6. The molecule has 3 aromatic rings. The predicted molar refractivity (Wildman–Crippen MR) is 144 cm³/mol. The Morgan fingerprint density at radius 3 is 2.26 bits per heavy atom. The van der Waals surface area contributed by atoms with E-state index >= 15 is 0 Å². The third kappa shape index (κ3) is 6.05. The standard InChI is InChI=1S/C29H31N3O6/c1-4-15-38-23-13-11-21(12-14-23)30-27(33)18-26-28(34)32(22-8-6-10-25(17-22)37-3)29(35)31(26)19-20-7-5-9-24(16-20)36-2/h5-14,16-17,26H,4,15,18-19H2,1-3H3,(H,30,33)/t26-/m0/s1. The second-order valence-electron chi connectivity index (χ2n) is 8.78. The molecule has 198 valence electrons. The highest BCUT2D eigenvalue weighted by Gasteiger charge is 2.46. The number of carbonyl (C=O) groups is 3. The quantitative estimate of drug-likeness (QED) is 0.365. The zero-order chi connectivity index (χ0) is 27.1. The first-order valence-corrected chi connectivity index (χ1v) is 12.4. The van der Waals surface area contributed by atoms with Gasteiger partial charge in [-0.05, 0) is 60.5 Å². The predicted octanol–water partition coefficient (Wildman–Crippen LogP) is 4.86. The van der Waals surface area contributed by atoms with Crippen molar-refractivity contribution in [2.24, 2.45) is 0 Å². The zero-order valence-electron chi connectivity index (χ0n) is 21.7. The van der Waals surface area contributed by atoms with Crippen LogP contribution >= 0.6 is 0 Å². The van der Waals surface area contributed by atoms with Crippen LogP contribution in [0.3, 0.4) is 0 Å². The van der Waals surface area contributed by atoms with E-state index in [9.17, 15) is 14.4 Å². The average Bonchev–Trinajstić information content (AvgIpc) is 3.16. The highest BCUT2D eigenvalue weighted by atomic mass is 16.5. The molecule has 1 heterocycles. The van der Waals surface area contributed by atoms with E-state index in [1.54, 1.807) is 67.8 Å². The number of amides is 4. The van der Waals surface area contributed by atoms with E-state index in [0.717, 1.165) is 16.9 Å². The summed E-state index contributed by atoms with van der Waals surface area (Å²) in [5.74, 6) is 0.978. The SMILES string of the molecule is CCCOc1ccc(NC(=O)C[C@H]2C(=O)N(c3cccc(OC)c3)C(=O)N2Cc2cccc(OC)c2)cc1. The molecule has 1 atom stereocenters. The molecule has 0 aliphatic carbocycles. The second kappa shape index (κ2) is 12.1. The fraction of sp³-hybridized carbons (Fsp3) is 0.276. The minimum atomic E-state index is -0.993. The maximum absolute atomic E-state index is 13.6.